The molecular weight excluding hydrogens is 286 g/mol. The molecule has 1 N–H and O–H groups in total. The summed E-state index contributed by atoms with van der Waals surface area (Å²) >= 11 is 0. The Labute approximate surface area is 124 Å². The van der Waals surface area contributed by atoms with Crippen molar-refractivity contribution in [1.82, 2.24) is 4.31 Å². The molecular formula is C16H17NO3S. The van der Waals surface area contributed by atoms with Crippen LogP contribution in [0.3, 0.4) is 0 Å². The molecule has 21 heavy (non-hydrogen) atoms. The first-order valence-electron chi connectivity index (χ1n) is 6.91. The van der Waals surface area contributed by atoms with Crippen LogP contribution in [0.5, 0.6) is 5.75 Å². The van der Waals surface area contributed by atoms with Gasteiger partial charge in [0.15, 0.2) is 0 Å². The van der Waals surface area contributed by atoms with Gasteiger partial charge in [-0.3, -0.25) is 0 Å². The first kappa shape index (κ1) is 14.1. The molecule has 5 heteroatoms. The minimum absolute atomic E-state index is 0.0672. The molecule has 0 radical (unpaired) electrons. The Hall–Kier alpha value is -1.85. The molecule has 1 fully saturated rings. The summed E-state index contributed by atoms with van der Waals surface area (Å²) < 4.78 is 26.7. The van der Waals surface area contributed by atoms with Crippen LogP contribution in [-0.4, -0.2) is 30.9 Å². The maximum absolute atomic E-state index is 12.6. The Morgan fingerprint density at radius 2 is 1.67 bits per heavy atom. The molecule has 1 saturated heterocycles. The number of phenolic OH excluding ortho intramolecular Hbond substituents is 1. The Morgan fingerprint density at radius 3 is 2.33 bits per heavy atom. The summed E-state index contributed by atoms with van der Waals surface area (Å²) in [5, 5.41) is 9.27. The molecule has 0 aromatic heterocycles. The van der Waals surface area contributed by atoms with Crippen LogP contribution < -0.4 is 0 Å². The van der Waals surface area contributed by atoms with Crippen molar-refractivity contribution >= 4 is 10.0 Å². The molecule has 1 aliphatic rings. The van der Waals surface area contributed by atoms with Crippen LogP contribution in [0.1, 0.15) is 17.9 Å². The van der Waals surface area contributed by atoms with E-state index in [1.807, 2.05) is 30.3 Å². The van der Waals surface area contributed by atoms with E-state index in [1.165, 1.54) is 34.1 Å². The monoisotopic (exact) mass is 303 g/mol. The van der Waals surface area contributed by atoms with Gasteiger partial charge in [0.2, 0.25) is 10.0 Å². The number of benzene rings is 2. The minimum Gasteiger partial charge on any atom is -0.508 e. The molecule has 0 aliphatic carbocycles. The lowest BCUT2D eigenvalue weighted by Crippen LogP contribution is -2.28. The van der Waals surface area contributed by atoms with E-state index in [-0.39, 0.29) is 16.6 Å². The van der Waals surface area contributed by atoms with Crippen molar-refractivity contribution < 1.29 is 13.5 Å². The summed E-state index contributed by atoms with van der Waals surface area (Å²) in [6.07, 6.45) is 0.835. The fraction of sp³-hybridized carbons (Fsp3) is 0.250. The van der Waals surface area contributed by atoms with Crippen molar-refractivity contribution in [3.63, 3.8) is 0 Å². The Bertz CT molecular complexity index is 711. The Kier molecular flexibility index (Phi) is 3.69. The van der Waals surface area contributed by atoms with Crippen molar-refractivity contribution in [1.29, 1.82) is 0 Å². The number of phenols is 1. The molecule has 110 valence electrons. The number of nitrogens with zero attached hydrogens (tertiary/aromatic N) is 1. The highest BCUT2D eigenvalue weighted by molar-refractivity contribution is 7.89. The first-order chi connectivity index (χ1) is 10.1. The van der Waals surface area contributed by atoms with Crippen molar-refractivity contribution in [3.8, 4) is 5.75 Å². The summed E-state index contributed by atoms with van der Waals surface area (Å²) in [6.45, 7) is 1.04. The van der Waals surface area contributed by atoms with E-state index in [4.69, 9.17) is 0 Å². The maximum atomic E-state index is 12.6. The Balaban J connectivity index is 1.81. The van der Waals surface area contributed by atoms with Crippen molar-refractivity contribution in [2.24, 2.45) is 0 Å². The van der Waals surface area contributed by atoms with Gasteiger partial charge in [-0.2, -0.15) is 4.31 Å². The van der Waals surface area contributed by atoms with Gasteiger partial charge in [-0.1, -0.05) is 30.3 Å². The lowest BCUT2D eigenvalue weighted by molar-refractivity contribution is 0.469. The highest BCUT2D eigenvalue weighted by Crippen LogP contribution is 2.31. The molecule has 1 unspecified atom stereocenters. The number of rotatable bonds is 3. The second-order valence-electron chi connectivity index (χ2n) is 5.25. The third kappa shape index (κ3) is 2.80. The molecule has 2 aromatic carbocycles. The molecule has 0 amide bonds. The van der Waals surface area contributed by atoms with Gasteiger partial charge >= 0.3 is 0 Å². The van der Waals surface area contributed by atoms with Crippen molar-refractivity contribution in [2.45, 2.75) is 17.2 Å². The smallest absolute Gasteiger partial charge is 0.243 e. The highest BCUT2D eigenvalue weighted by Gasteiger charge is 2.33. The van der Waals surface area contributed by atoms with Crippen LogP contribution in [0.4, 0.5) is 0 Å². The van der Waals surface area contributed by atoms with Crippen LogP contribution in [0.25, 0.3) is 0 Å². The van der Waals surface area contributed by atoms with Gasteiger partial charge in [-0.25, -0.2) is 8.42 Å². The van der Waals surface area contributed by atoms with Crippen LogP contribution in [0.2, 0.25) is 0 Å². The van der Waals surface area contributed by atoms with Crippen LogP contribution in [0.15, 0.2) is 59.5 Å². The van der Waals surface area contributed by atoms with Crippen molar-refractivity contribution in [3.05, 3.63) is 60.2 Å². The van der Waals surface area contributed by atoms with E-state index in [0.29, 0.717) is 13.1 Å². The van der Waals surface area contributed by atoms with Gasteiger partial charge in [-0.15, -0.1) is 0 Å². The molecule has 3 rings (SSSR count). The van der Waals surface area contributed by atoms with Gasteiger partial charge in [0.1, 0.15) is 5.75 Å². The fourth-order valence-corrected chi connectivity index (χ4v) is 4.21. The summed E-state index contributed by atoms with van der Waals surface area (Å²) in [4.78, 5) is 0.231. The molecule has 4 nitrogen and oxygen atoms in total. The summed E-state index contributed by atoms with van der Waals surface area (Å²) in [5.41, 5.74) is 1.18. The highest BCUT2D eigenvalue weighted by atomic mass is 32.2. The van der Waals surface area contributed by atoms with Crippen LogP contribution in [-0.2, 0) is 10.0 Å². The van der Waals surface area contributed by atoms with E-state index >= 15 is 0 Å². The van der Waals surface area contributed by atoms with Crippen LogP contribution in [0, 0.1) is 0 Å². The summed E-state index contributed by atoms with van der Waals surface area (Å²) in [5.74, 6) is 0.315. The zero-order valence-electron chi connectivity index (χ0n) is 11.5. The molecule has 2 aromatic rings. The van der Waals surface area contributed by atoms with Gasteiger partial charge in [-0.05, 0) is 42.2 Å². The lowest BCUT2D eigenvalue weighted by Gasteiger charge is -2.17. The van der Waals surface area contributed by atoms with E-state index < -0.39 is 10.0 Å². The van der Waals surface area contributed by atoms with Gasteiger partial charge < -0.3 is 5.11 Å². The average Bonchev–Trinajstić information content (AvgIpc) is 2.99. The number of hydrogen-bond donors (Lipinski definition) is 1. The zero-order valence-corrected chi connectivity index (χ0v) is 12.3. The SMILES string of the molecule is O=S(=O)(c1ccc(O)cc1)N1CCC(c2ccccc2)C1. The molecule has 1 aliphatic heterocycles. The number of hydrogen-bond acceptors (Lipinski definition) is 3. The Morgan fingerprint density at radius 1 is 1.00 bits per heavy atom. The second kappa shape index (κ2) is 5.50. The summed E-state index contributed by atoms with van der Waals surface area (Å²) in [6, 6.07) is 15.7. The normalized spacial score (nSPS) is 19.7. The lowest BCUT2D eigenvalue weighted by atomic mass is 9.99. The van der Waals surface area contributed by atoms with E-state index in [1.54, 1.807) is 0 Å². The number of sulfonamides is 1. The fourth-order valence-electron chi connectivity index (χ4n) is 2.71. The third-order valence-corrected chi connectivity index (χ3v) is 5.78. The summed E-state index contributed by atoms with van der Waals surface area (Å²) in [7, 11) is -3.47. The first-order valence-corrected chi connectivity index (χ1v) is 8.35. The maximum Gasteiger partial charge on any atom is 0.243 e. The van der Waals surface area contributed by atoms with E-state index in [2.05, 4.69) is 0 Å². The minimum atomic E-state index is -3.47. The largest absolute Gasteiger partial charge is 0.508 e. The average molecular weight is 303 g/mol. The van der Waals surface area contributed by atoms with Gasteiger partial charge in [0, 0.05) is 13.1 Å². The van der Waals surface area contributed by atoms with Gasteiger partial charge in [0.05, 0.1) is 4.90 Å². The van der Waals surface area contributed by atoms with Crippen molar-refractivity contribution in [2.75, 3.05) is 13.1 Å². The predicted octanol–water partition coefficient (Wildman–Crippen LogP) is 2.57. The zero-order chi connectivity index (χ0) is 14.9. The standard InChI is InChI=1S/C16H17NO3S/c18-15-6-8-16(9-7-15)21(19,20)17-11-10-14(12-17)13-4-2-1-3-5-13/h1-9,14,18H,10-12H2. The molecule has 1 atom stereocenters. The van der Waals surface area contributed by atoms with E-state index in [9.17, 15) is 13.5 Å². The van der Waals surface area contributed by atoms with Gasteiger partial charge in [0.25, 0.3) is 0 Å². The predicted molar refractivity (Wildman–Crippen MR) is 80.7 cm³/mol. The molecule has 1 heterocycles. The third-order valence-electron chi connectivity index (χ3n) is 3.90. The molecule has 0 bridgehead atoms. The quantitative estimate of drug-likeness (QED) is 0.948. The topological polar surface area (TPSA) is 57.6 Å². The molecule has 0 spiro atoms. The van der Waals surface area contributed by atoms with Crippen LogP contribution >= 0.6 is 0 Å². The second-order valence-corrected chi connectivity index (χ2v) is 7.19. The molecule has 0 saturated carbocycles. The van der Waals surface area contributed by atoms with E-state index in [0.717, 1.165) is 6.42 Å². The number of aromatic hydroxyl groups is 1.